The van der Waals surface area contributed by atoms with Gasteiger partial charge in [0.25, 0.3) is 0 Å². The number of aromatic hydroxyl groups is 1. The number of nitrogens with one attached hydrogen (secondary N) is 2. The molecule has 1 aliphatic carbocycles. The first-order valence-electron chi connectivity index (χ1n) is 10.3. The molecule has 1 aliphatic heterocycles. The van der Waals surface area contributed by atoms with E-state index in [1.807, 2.05) is 17.0 Å². The van der Waals surface area contributed by atoms with Gasteiger partial charge in [0.1, 0.15) is 5.75 Å². The van der Waals surface area contributed by atoms with Crippen molar-refractivity contribution in [2.75, 3.05) is 25.0 Å². The molecule has 1 saturated heterocycles. The molecule has 0 spiro atoms. The molecule has 3 rings (SSSR count). The second-order valence-electron chi connectivity index (χ2n) is 7.76. The average Bonchev–Trinajstić information content (AvgIpc) is 3.05. The highest BCUT2D eigenvalue weighted by Crippen LogP contribution is 2.24. The molecule has 148 valence electrons. The Morgan fingerprint density at radius 3 is 2.89 bits per heavy atom. The van der Waals surface area contributed by atoms with Crippen LogP contribution in [-0.4, -0.2) is 47.5 Å². The third-order valence-electron chi connectivity index (χ3n) is 5.57. The first-order valence-corrected chi connectivity index (χ1v) is 10.3. The fourth-order valence-electron chi connectivity index (χ4n) is 3.94. The third kappa shape index (κ3) is 5.88. The number of hydrogen-bond donors (Lipinski definition) is 3. The standard InChI is InChI=1S/C21H32N4O2/c1-16-7-2-3-10-19(16)24-21(23-17-8-4-9-18(26)15-17)22-12-6-14-25-13-5-11-20(25)27/h4,8-9,15-16,19,26H,2-3,5-7,10-14H2,1H3,(H2,22,23,24). The summed E-state index contributed by atoms with van der Waals surface area (Å²) in [6, 6.07) is 7.51. The van der Waals surface area contributed by atoms with Crippen molar-refractivity contribution in [3.63, 3.8) is 0 Å². The summed E-state index contributed by atoms with van der Waals surface area (Å²) in [5.74, 6) is 1.88. The number of nitrogens with zero attached hydrogens (tertiary/aromatic N) is 2. The van der Waals surface area contributed by atoms with Gasteiger partial charge < -0.3 is 20.6 Å². The number of carbonyl (C=O) groups excluding carboxylic acids is 1. The van der Waals surface area contributed by atoms with Crippen LogP contribution in [0.1, 0.15) is 51.9 Å². The number of rotatable bonds is 6. The highest BCUT2D eigenvalue weighted by atomic mass is 16.3. The summed E-state index contributed by atoms with van der Waals surface area (Å²) < 4.78 is 0. The minimum Gasteiger partial charge on any atom is -0.508 e. The lowest BCUT2D eigenvalue weighted by molar-refractivity contribution is -0.127. The van der Waals surface area contributed by atoms with Gasteiger partial charge in [-0.15, -0.1) is 0 Å². The second kappa shape index (κ2) is 9.62. The van der Waals surface area contributed by atoms with E-state index in [0.717, 1.165) is 44.0 Å². The number of phenols is 1. The first kappa shape index (κ1) is 19.5. The summed E-state index contributed by atoms with van der Waals surface area (Å²) in [7, 11) is 0. The van der Waals surface area contributed by atoms with Gasteiger partial charge in [-0.2, -0.15) is 0 Å². The zero-order valence-electron chi connectivity index (χ0n) is 16.3. The molecule has 3 N–H and O–H groups in total. The van der Waals surface area contributed by atoms with Gasteiger partial charge in [0.2, 0.25) is 5.91 Å². The molecule has 6 heteroatoms. The minimum atomic E-state index is 0.234. The van der Waals surface area contributed by atoms with E-state index in [1.165, 1.54) is 19.3 Å². The van der Waals surface area contributed by atoms with Crippen molar-refractivity contribution in [3.05, 3.63) is 24.3 Å². The van der Waals surface area contributed by atoms with E-state index in [1.54, 1.807) is 12.1 Å². The number of benzene rings is 1. The second-order valence-corrected chi connectivity index (χ2v) is 7.76. The van der Waals surface area contributed by atoms with Crippen LogP contribution in [0.2, 0.25) is 0 Å². The van der Waals surface area contributed by atoms with Crippen LogP contribution in [0.25, 0.3) is 0 Å². The molecule has 0 radical (unpaired) electrons. The third-order valence-corrected chi connectivity index (χ3v) is 5.57. The van der Waals surface area contributed by atoms with Gasteiger partial charge in [-0.05, 0) is 43.7 Å². The lowest BCUT2D eigenvalue weighted by Gasteiger charge is -2.31. The summed E-state index contributed by atoms with van der Waals surface area (Å²) in [6.07, 6.45) is 7.48. The molecule has 0 aromatic heterocycles. The SMILES string of the molecule is CC1CCCCC1NC(=NCCCN1CCCC1=O)Nc1cccc(O)c1. The molecule has 1 saturated carbocycles. The van der Waals surface area contributed by atoms with Crippen molar-refractivity contribution < 1.29 is 9.90 Å². The molecule has 2 aliphatic rings. The number of hydrogen-bond acceptors (Lipinski definition) is 3. The van der Waals surface area contributed by atoms with Crippen LogP contribution < -0.4 is 10.6 Å². The largest absolute Gasteiger partial charge is 0.508 e. The van der Waals surface area contributed by atoms with E-state index in [-0.39, 0.29) is 11.7 Å². The molecule has 2 unspecified atom stereocenters. The highest BCUT2D eigenvalue weighted by Gasteiger charge is 2.22. The summed E-state index contributed by atoms with van der Waals surface area (Å²) in [4.78, 5) is 18.4. The average molecular weight is 373 g/mol. The molecule has 1 amide bonds. The number of carbonyl (C=O) groups is 1. The Bertz CT molecular complexity index is 661. The maximum absolute atomic E-state index is 11.7. The van der Waals surface area contributed by atoms with Gasteiger partial charge in [-0.3, -0.25) is 9.79 Å². The Morgan fingerprint density at radius 1 is 1.30 bits per heavy atom. The van der Waals surface area contributed by atoms with Gasteiger partial charge in [0.05, 0.1) is 0 Å². The van der Waals surface area contributed by atoms with Crippen LogP contribution in [0.15, 0.2) is 29.3 Å². The number of aliphatic imine (C=N–C) groups is 1. The molecule has 6 nitrogen and oxygen atoms in total. The Morgan fingerprint density at radius 2 is 2.15 bits per heavy atom. The molecule has 2 atom stereocenters. The van der Waals surface area contributed by atoms with Crippen molar-refractivity contribution >= 4 is 17.6 Å². The van der Waals surface area contributed by atoms with E-state index in [0.29, 0.717) is 24.9 Å². The maximum Gasteiger partial charge on any atom is 0.222 e. The van der Waals surface area contributed by atoms with Gasteiger partial charge >= 0.3 is 0 Å². The number of anilines is 1. The van der Waals surface area contributed by atoms with Crippen LogP contribution in [0, 0.1) is 5.92 Å². The van der Waals surface area contributed by atoms with Crippen LogP contribution in [0.5, 0.6) is 5.75 Å². The maximum atomic E-state index is 11.7. The fourth-order valence-corrected chi connectivity index (χ4v) is 3.94. The number of guanidine groups is 1. The normalized spacial score (nSPS) is 23.5. The molecule has 0 bridgehead atoms. The molecule has 1 heterocycles. The van der Waals surface area contributed by atoms with E-state index in [2.05, 4.69) is 17.6 Å². The van der Waals surface area contributed by atoms with Gasteiger partial charge in [-0.25, -0.2) is 0 Å². The lowest BCUT2D eigenvalue weighted by atomic mass is 9.86. The van der Waals surface area contributed by atoms with Gasteiger partial charge in [0.15, 0.2) is 5.96 Å². The molecular formula is C21H32N4O2. The number of likely N-dealkylation sites (tertiary alicyclic amines) is 1. The van der Waals surface area contributed by atoms with E-state index in [9.17, 15) is 9.90 Å². The summed E-state index contributed by atoms with van der Waals surface area (Å²) in [5, 5.41) is 16.6. The van der Waals surface area contributed by atoms with E-state index < -0.39 is 0 Å². The quantitative estimate of drug-likeness (QED) is 0.407. The summed E-state index contributed by atoms with van der Waals surface area (Å²) in [5.41, 5.74) is 0.819. The molecular weight excluding hydrogens is 340 g/mol. The first-order chi connectivity index (χ1) is 13.1. The van der Waals surface area contributed by atoms with Gasteiger partial charge in [-0.1, -0.05) is 25.8 Å². The Hall–Kier alpha value is -2.24. The zero-order chi connectivity index (χ0) is 19.1. The Balaban J connectivity index is 1.59. The van der Waals surface area contributed by atoms with Crippen molar-refractivity contribution in [1.29, 1.82) is 0 Å². The number of phenolic OH excluding ortho intramolecular Hbond substituents is 1. The van der Waals surface area contributed by atoms with Crippen LogP contribution in [0.4, 0.5) is 5.69 Å². The van der Waals surface area contributed by atoms with Crippen molar-refractivity contribution in [2.45, 2.75) is 57.9 Å². The predicted molar refractivity (Wildman–Crippen MR) is 109 cm³/mol. The van der Waals surface area contributed by atoms with Crippen molar-refractivity contribution in [3.8, 4) is 5.75 Å². The molecule has 1 aromatic carbocycles. The summed E-state index contributed by atoms with van der Waals surface area (Å²) >= 11 is 0. The number of amides is 1. The van der Waals surface area contributed by atoms with Crippen LogP contribution >= 0.6 is 0 Å². The monoisotopic (exact) mass is 372 g/mol. The van der Waals surface area contributed by atoms with Crippen LogP contribution in [-0.2, 0) is 4.79 Å². The molecule has 1 aromatic rings. The molecule has 27 heavy (non-hydrogen) atoms. The van der Waals surface area contributed by atoms with Gasteiger partial charge in [0, 0.05) is 43.9 Å². The fraction of sp³-hybridized carbons (Fsp3) is 0.619. The Kier molecular flexibility index (Phi) is 6.96. The summed E-state index contributed by atoms with van der Waals surface area (Å²) in [6.45, 7) is 4.62. The van der Waals surface area contributed by atoms with E-state index >= 15 is 0 Å². The molecule has 2 fully saturated rings. The smallest absolute Gasteiger partial charge is 0.222 e. The van der Waals surface area contributed by atoms with E-state index in [4.69, 9.17) is 4.99 Å². The highest BCUT2D eigenvalue weighted by molar-refractivity contribution is 5.94. The predicted octanol–water partition coefficient (Wildman–Crippen LogP) is 3.34. The zero-order valence-corrected chi connectivity index (χ0v) is 16.3. The lowest BCUT2D eigenvalue weighted by Crippen LogP contribution is -2.44. The Labute approximate surface area is 162 Å². The van der Waals surface area contributed by atoms with Crippen molar-refractivity contribution in [2.24, 2.45) is 10.9 Å². The van der Waals surface area contributed by atoms with Crippen molar-refractivity contribution in [1.82, 2.24) is 10.2 Å². The minimum absolute atomic E-state index is 0.234. The van der Waals surface area contributed by atoms with Crippen LogP contribution in [0.3, 0.4) is 0 Å². The topological polar surface area (TPSA) is 77.0 Å².